The first-order valence-corrected chi connectivity index (χ1v) is 8.31. The molecule has 118 valence electrons. The Morgan fingerprint density at radius 1 is 1.20 bits per heavy atom. The van der Waals surface area contributed by atoms with Gasteiger partial charge in [-0.3, -0.25) is 4.79 Å². The summed E-state index contributed by atoms with van der Waals surface area (Å²) in [5, 5.41) is 12.2. The van der Waals surface area contributed by atoms with Gasteiger partial charge < -0.3 is 15.3 Å². The average molecular weight is 284 g/mol. The third-order valence-electron chi connectivity index (χ3n) is 4.34. The van der Waals surface area contributed by atoms with Crippen molar-refractivity contribution in [2.75, 3.05) is 32.8 Å². The number of amides is 1. The molecule has 2 N–H and O–H groups in total. The Morgan fingerprint density at radius 3 is 2.40 bits per heavy atom. The Bertz CT molecular complexity index is 267. The van der Waals surface area contributed by atoms with Crippen LogP contribution in [0.15, 0.2) is 0 Å². The Morgan fingerprint density at radius 2 is 1.85 bits per heavy atom. The second-order valence-electron chi connectivity index (χ2n) is 6.02. The fourth-order valence-electron chi connectivity index (χ4n) is 2.65. The monoisotopic (exact) mass is 284 g/mol. The van der Waals surface area contributed by atoms with Gasteiger partial charge in [-0.05, 0) is 31.8 Å². The molecule has 0 aromatic carbocycles. The first-order valence-electron chi connectivity index (χ1n) is 8.31. The number of unbranched alkanes of at least 4 members (excludes halogenated alkanes) is 4. The van der Waals surface area contributed by atoms with Crippen molar-refractivity contribution in [2.24, 2.45) is 11.8 Å². The molecule has 1 amide bonds. The molecule has 20 heavy (non-hydrogen) atoms. The van der Waals surface area contributed by atoms with Gasteiger partial charge in [-0.2, -0.15) is 0 Å². The summed E-state index contributed by atoms with van der Waals surface area (Å²) in [5.41, 5.74) is 0. The number of aliphatic hydroxyl groups is 1. The topological polar surface area (TPSA) is 52.6 Å². The Balaban J connectivity index is 2.34. The van der Waals surface area contributed by atoms with E-state index in [1.54, 1.807) is 0 Å². The third-order valence-corrected chi connectivity index (χ3v) is 4.34. The fraction of sp³-hybridized carbons (Fsp3) is 0.938. The van der Waals surface area contributed by atoms with E-state index in [4.69, 9.17) is 5.11 Å². The van der Waals surface area contributed by atoms with Gasteiger partial charge in [-0.25, -0.2) is 0 Å². The van der Waals surface area contributed by atoms with Gasteiger partial charge in [0.15, 0.2) is 0 Å². The van der Waals surface area contributed by atoms with Crippen molar-refractivity contribution in [3.8, 4) is 0 Å². The first-order chi connectivity index (χ1) is 9.70. The maximum Gasteiger partial charge on any atom is 0.225 e. The van der Waals surface area contributed by atoms with Crippen LogP contribution in [0.25, 0.3) is 0 Å². The van der Waals surface area contributed by atoms with Gasteiger partial charge >= 0.3 is 0 Å². The van der Waals surface area contributed by atoms with Crippen molar-refractivity contribution in [3.05, 3.63) is 0 Å². The molecule has 1 aliphatic heterocycles. The number of carbonyl (C=O) groups is 1. The molecule has 0 radical (unpaired) electrons. The molecular formula is C16H32N2O2. The largest absolute Gasteiger partial charge is 0.396 e. The van der Waals surface area contributed by atoms with E-state index in [0.717, 1.165) is 26.1 Å². The minimum atomic E-state index is 0.116. The summed E-state index contributed by atoms with van der Waals surface area (Å²) in [6.07, 6.45) is 6.79. The summed E-state index contributed by atoms with van der Waals surface area (Å²) in [6.45, 7) is 7.93. The van der Waals surface area contributed by atoms with Crippen molar-refractivity contribution in [2.45, 2.75) is 52.4 Å². The van der Waals surface area contributed by atoms with Gasteiger partial charge in [0, 0.05) is 25.6 Å². The Kier molecular flexibility index (Phi) is 8.86. The highest BCUT2D eigenvalue weighted by atomic mass is 16.3. The van der Waals surface area contributed by atoms with Gasteiger partial charge in [0.1, 0.15) is 0 Å². The molecule has 1 saturated heterocycles. The zero-order valence-electron chi connectivity index (χ0n) is 13.2. The minimum Gasteiger partial charge on any atom is -0.396 e. The molecule has 1 atom stereocenters. The molecule has 1 aliphatic rings. The average Bonchev–Trinajstić information content (AvgIpc) is 2.39. The number of aliphatic hydroxyl groups excluding tert-OH is 1. The third kappa shape index (κ3) is 5.80. The summed E-state index contributed by atoms with van der Waals surface area (Å²) in [7, 11) is 0. The van der Waals surface area contributed by atoms with Crippen LogP contribution in [0.5, 0.6) is 0 Å². The zero-order valence-corrected chi connectivity index (χ0v) is 13.2. The molecule has 0 aliphatic carbocycles. The van der Waals surface area contributed by atoms with Crippen LogP contribution in [0, 0.1) is 11.8 Å². The molecule has 1 unspecified atom stereocenters. The molecule has 0 spiro atoms. The lowest BCUT2D eigenvalue weighted by Gasteiger charge is -2.35. The van der Waals surface area contributed by atoms with E-state index < -0.39 is 0 Å². The van der Waals surface area contributed by atoms with E-state index in [1.165, 1.54) is 25.7 Å². The van der Waals surface area contributed by atoms with Crippen molar-refractivity contribution >= 4 is 5.91 Å². The molecule has 0 aromatic heterocycles. The maximum absolute atomic E-state index is 12.5. The summed E-state index contributed by atoms with van der Waals surface area (Å²) in [6, 6.07) is 0. The van der Waals surface area contributed by atoms with Crippen LogP contribution < -0.4 is 5.32 Å². The molecule has 1 rings (SSSR count). The van der Waals surface area contributed by atoms with E-state index >= 15 is 0 Å². The van der Waals surface area contributed by atoms with Gasteiger partial charge in [0.25, 0.3) is 0 Å². The summed E-state index contributed by atoms with van der Waals surface area (Å²) in [5.74, 6) is 0.894. The highest BCUT2D eigenvalue weighted by Crippen LogP contribution is 2.19. The van der Waals surface area contributed by atoms with Crippen molar-refractivity contribution in [3.63, 3.8) is 0 Å². The molecule has 1 fully saturated rings. The smallest absolute Gasteiger partial charge is 0.225 e. The van der Waals surface area contributed by atoms with E-state index in [1.807, 2.05) is 4.90 Å². The summed E-state index contributed by atoms with van der Waals surface area (Å²) >= 11 is 0. The number of nitrogens with zero attached hydrogens (tertiary/aromatic N) is 1. The Labute approximate surface area is 123 Å². The SMILES string of the molecule is CCCCCCCN(CCCO)C(=O)C(C)C1CNC1. The molecule has 0 bridgehead atoms. The standard InChI is InChI=1S/C16H32N2O2/c1-3-4-5-6-7-9-18(10-8-11-19)16(20)14(2)15-12-17-13-15/h14-15,17,19H,3-13H2,1-2H3. The van der Waals surface area contributed by atoms with E-state index in [2.05, 4.69) is 19.2 Å². The lowest BCUT2D eigenvalue weighted by atomic mass is 9.88. The van der Waals surface area contributed by atoms with E-state index in [9.17, 15) is 4.79 Å². The molecule has 0 aromatic rings. The summed E-state index contributed by atoms with van der Waals surface area (Å²) < 4.78 is 0. The van der Waals surface area contributed by atoms with E-state index in [0.29, 0.717) is 18.9 Å². The highest BCUT2D eigenvalue weighted by molar-refractivity contribution is 5.79. The Hall–Kier alpha value is -0.610. The predicted molar refractivity (Wildman–Crippen MR) is 82.6 cm³/mol. The van der Waals surface area contributed by atoms with Crippen LogP contribution in [-0.4, -0.2) is 48.7 Å². The second kappa shape index (κ2) is 10.2. The van der Waals surface area contributed by atoms with Crippen LogP contribution in [0.4, 0.5) is 0 Å². The quantitative estimate of drug-likeness (QED) is 0.571. The van der Waals surface area contributed by atoms with Gasteiger partial charge in [0.2, 0.25) is 5.91 Å². The van der Waals surface area contributed by atoms with Crippen LogP contribution in [0.3, 0.4) is 0 Å². The van der Waals surface area contributed by atoms with Crippen LogP contribution in [0.2, 0.25) is 0 Å². The number of rotatable bonds is 11. The lowest BCUT2D eigenvalue weighted by molar-refractivity contribution is -0.137. The number of carbonyl (C=O) groups excluding carboxylic acids is 1. The van der Waals surface area contributed by atoms with Gasteiger partial charge in [-0.1, -0.05) is 39.5 Å². The predicted octanol–water partition coefficient (Wildman–Crippen LogP) is 2.02. The first kappa shape index (κ1) is 17.4. The maximum atomic E-state index is 12.5. The van der Waals surface area contributed by atoms with Gasteiger partial charge in [-0.15, -0.1) is 0 Å². The van der Waals surface area contributed by atoms with E-state index in [-0.39, 0.29) is 18.4 Å². The van der Waals surface area contributed by atoms with Gasteiger partial charge in [0.05, 0.1) is 0 Å². The zero-order chi connectivity index (χ0) is 14.8. The second-order valence-corrected chi connectivity index (χ2v) is 6.02. The van der Waals surface area contributed by atoms with Crippen LogP contribution >= 0.6 is 0 Å². The van der Waals surface area contributed by atoms with Crippen LogP contribution in [0.1, 0.15) is 52.4 Å². The molecular weight excluding hydrogens is 252 g/mol. The molecule has 4 heteroatoms. The lowest BCUT2D eigenvalue weighted by Crippen LogP contribution is -2.50. The number of hydrogen-bond acceptors (Lipinski definition) is 3. The number of hydrogen-bond donors (Lipinski definition) is 2. The molecule has 1 heterocycles. The van der Waals surface area contributed by atoms with Crippen LogP contribution in [-0.2, 0) is 4.79 Å². The summed E-state index contributed by atoms with van der Waals surface area (Å²) in [4.78, 5) is 14.5. The fourth-order valence-corrected chi connectivity index (χ4v) is 2.65. The minimum absolute atomic E-state index is 0.116. The van der Waals surface area contributed by atoms with Crippen molar-refractivity contribution < 1.29 is 9.90 Å². The normalized spacial score (nSPS) is 16.8. The van der Waals surface area contributed by atoms with Crippen molar-refractivity contribution in [1.29, 1.82) is 0 Å². The molecule has 4 nitrogen and oxygen atoms in total. The molecule has 0 saturated carbocycles. The highest BCUT2D eigenvalue weighted by Gasteiger charge is 2.31. The number of nitrogens with one attached hydrogen (secondary N) is 1. The van der Waals surface area contributed by atoms with Crippen molar-refractivity contribution in [1.82, 2.24) is 10.2 Å².